The van der Waals surface area contributed by atoms with E-state index in [0.29, 0.717) is 6.04 Å². The molecule has 0 saturated heterocycles. The standard InChI is InChI=1S/C10H18N4/c1-8(11)9(2)14-6-5-13-4-3-12-10(13)7-14/h3-4,8-9H,5-7,11H2,1-2H3. The van der Waals surface area contributed by atoms with Crippen molar-refractivity contribution in [3.05, 3.63) is 18.2 Å². The molecule has 78 valence electrons. The van der Waals surface area contributed by atoms with Crippen molar-refractivity contribution in [1.29, 1.82) is 0 Å². The van der Waals surface area contributed by atoms with Gasteiger partial charge in [0.15, 0.2) is 0 Å². The van der Waals surface area contributed by atoms with Gasteiger partial charge in [-0.15, -0.1) is 0 Å². The Hall–Kier alpha value is -0.870. The first kappa shape index (κ1) is 9.68. The molecule has 1 aromatic rings. The van der Waals surface area contributed by atoms with E-state index in [9.17, 15) is 0 Å². The second-order valence-corrected chi connectivity index (χ2v) is 4.11. The van der Waals surface area contributed by atoms with Gasteiger partial charge in [-0.1, -0.05) is 0 Å². The molecule has 0 aromatic carbocycles. The van der Waals surface area contributed by atoms with E-state index in [1.807, 2.05) is 12.4 Å². The third kappa shape index (κ3) is 1.67. The zero-order chi connectivity index (χ0) is 10.1. The van der Waals surface area contributed by atoms with Crippen LogP contribution in [0.1, 0.15) is 19.7 Å². The van der Waals surface area contributed by atoms with Crippen molar-refractivity contribution in [1.82, 2.24) is 14.5 Å². The molecule has 1 aliphatic heterocycles. The lowest BCUT2D eigenvalue weighted by Gasteiger charge is -2.34. The van der Waals surface area contributed by atoms with E-state index in [1.165, 1.54) is 0 Å². The van der Waals surface area contributed by atoms with Crippen LogP contribution in [0, 0.1) is 0 Å². The normalized spacial score (nSPS) is 21.6. The van der Waals surface area contributed by atoms with Gasteiger partial charge in [-0.2, -0.15) is 0 Å². The van der Waals surface area contributed by atoms with Gasteiger partial charge in [0.1, 0.15) is 5.82 Å². The molecule has 0 bridgehead atoms. The lowest BCUT2D eigenvalue weighted by molar-refractivity contribution is 0.147. The average Bonchev–Trinajstić information content (AvgIpc) is 2.62. The fraction of sp³-hybridized carbons (Fsp3) is 0.700. The van der Waals surface area contributed by atoms with Crippen LogP contribution >= 0.6 is 0 Å². The maximum Gasteiger partial charge on any atom is 0.122 e. The van der Waals surface area contributed by atoms with Gasteiger partial charge in [0.25, 0.3) is 0 Å². The molecule has 4 nitrogen and oxygen atoms in total. The zero-order valence-corrected chi connectivity index (χ0v) is 8.85. The number of imidazole rings is 1. The third-order valence-electron chi connectivity index (χ3n) is 3.11. The van der Waals surface area contributed by atoms with E-state index < -0.39 is 0 Å². The Morgan fingerprint density at radius 2 is 2.21 bits per heavy atom. The van der Waals surface area contributed by atoms with Crippen molar-refractivity contribution < 1.29 is 0 Å². The minimum absolute atomic E-state index is 0.219. The summed E-state index contributed by atoms with van der Waals surface area (Å²) in [4.78, 5) is 6.73. The molecule has 1 aromatic heterocycles. The van der Waals surface area contributed by atoms with Crippen molar-refractivity contribution in [2.24, 2.45) is 5.73 Å². The molecule has 2 heterocycles. The van der Waals surface area contributed by atoms with Gasteiger partial charge in [-0.3, -0.25) is 4.90 Å². The van der Waals surface area contributed by atoms with Crippen LogP contribution < -0.4 is 5.73 Å². The van der Waals surface area contributed by atoms with Crippen LogP contribution in [0.4, 0.5) is 0 Å². The van der Waals surface area contributed by atoms with Crippen molar-refractivity contribution in [3.8, 4) is 0 Å². The first-order valence-corrected chi connectivity index (χ1v) is 5.18. The van der Waals surface area contributed by atoms with E-state index in [4.69, 9.17) is 5.73 Å². The monoisotopic (exact) mass is 194 g/mol. The molecular weight excluding hydrogens is 176 g/mol. The van der Waals surface area contributed by atoms with Gasteiger partial charge in [0.05, 0.1) is 6.54 Å². The Bertz CT molecular complexity index is 305. The van der Waals surface area contributed by atoms with Crippen LogP contribution in [0.25, 0.3) is 0 Å². The van der Waals surface area contributed by atoms with E-state index in [-0.39, 0.29) is 6.04 Å². The minimum Gasteiger partial charge on any atom is -0.333 e. The third-order valence-corrected chi connectivity index (χ3v) is 3.11. The quantitative estimate of drug-likeness (QED) is 0.743. The molecule has 2 unspecified atom stereocenters. The first-order valence-electron chi connectivity index (χ1n) is 5.18. The van der Waals surface area contributed by atoms with Crippen LogP contribution in [0.5, 0.6) is 0 Å². The average molecular weight is 194 g/mol. The maximum atomic E-state index is 5.89. The largest absolute Gasteiger partial charge is 0.333 e. The van der Waals surface area contributed by atoms with Gasteiger partial charge < -0.3 is 10.3 Å². The molecule has 4 heteroatoms. The van der Waals surface area contributed by atoms with E-state index in [2.05, 4.69) is 28.3 Å². The number of rotatable bonds is 2. The molecule has 1 aliphatic rings. The predicted octanol–water partition coefficient (Wildman–Crippen LogP) is 0.434. The summed E-state index contributed by atoms with van der Waals surface area (Å²) in [6.07, 6.45) is 3.92. The Morgan fingerprint density at radius 3 is 2.93 bits per heavy atom. The number of hydrogen-bond acceptors (Lipinski definition) is 3. The lowest BCUT2D eigenvalue weighted by Crippen LogP contribution is -2.47. The summed E-state index contributed by atoms with van der Waals surface area (Å²) in [5, 5.41) is 0. The van der Waals surface area contributed by atoms with Gasteiger partial charge in [-0.25, -0.2) is 4.98 Å². The smallest absolute Gasteiger partial charge is 0.122 e. The van der Waals surface area contributed by atoms with Crippen molar-refractivity contribution >= 4 is 0 Å². The van der Waals surface area contributed by atoms with Crippen LogP contribution in [-0.4, -0.2) is 33.1 Å². The van der Waals surface area contributed by atoms with Gasteiger partial charge in [0.2, 0.25) is 0 Å². The molecule has 2 N–H and O–H groups in total. The van der Waals surface area contributed by atoms with E-state index in [0.717, 1.165) is 25.5 Å². The summed E-state index contributed by atoms with van der Waals surface area (Å²) < 4.78 is 2.21. The second kappa shape index (κ2) is 3.71. The molecule has 2 rings (SSSR count). The topological polar surface area (TPSA) is 47.1 Å². The fourth-order valence-electron chi connectivity index (χ4n) is 1.87. The van der Waals surface area contributed by atoms with Crippen LogP contribution in [0.3, 0.4) is 0 Å². The fourth-order valence-corrected chi connectivity index (χ4v) is 1.87. The minimum atomic E-state index is 0.219. The molecule has 2 atom stereocenters. The molecule has 0 amide bonds. The van der Waals surface area contributed by atoms with Crippen molar-refractivity contribution in [3.63, 3.8) is 0 Å². The predicted molar refractivity (Wildman–Crippen MR) is 55.7 cm³/mol. The number of nitrogens with zero attached hydrogens (tertiary/aromatic N) is 3. The number of hydrogen-bond donors (Lipinski definition) is 1. The number of aromatic nitrogens is 2. The number of fused-ring (bicyclic) bond motifs is 1. The molecule has 14 heavy (non-hydrogen) atoms. The summed E-state index contributed by atoms with van der Waals surface area (Å²) in [5.74, 6) is 1.16. The van der Waals surface area contributed by atoms with Gasteiger partial charge >= 0.3 is 0 Å². The van der Waals surface area contributed by atoms with Gasteiger partial charge in [0, 0.05) is 37.6 Å². The molecule has 0 fully saturated rings. The zero-order valence-electron chi connectivity index (χ0n) is 8.85. The molecule has 0 spiro atoms. The molecule has 0 saturated carbocycles. The van der Waals surface area contributed by atoms with Crippen LogP contribution in [-0.2, 0) is 13.1 Å². The Balaban J connectivity index is 2.07. The second-order valence-electron chi connectivity index (χ2n) is 4.11. The summed E-state index contributed by atoms with van der Waals surface area (Å²) in [7, 11) is 0. The lowest BCUT2D eigenvalue weighted by atomic mass is 10.1. The highest BCUT2D eigenvalue weighted by Crippen LogP contribution is 2.14. The van der Waals surface area contributed by atoms with Crippen molar-refractivity contribution in [2.45, 2.75) is 39.0 Å². The highest BCUT2D eigenvalue weighted by molar-refractivity contribution is 4.96. The summed E-state index contributed by atoms with van der Waals surface area (Å²) in [6.45, 7) is 7.28. The molecular formula is C10H18N4. The SMILES string of the molecule is CC(N)C(C)N1CCn2ccnc2C1. The highest BCUT2D eigenvalue weighted by atomic mass is 15.3. The molecule has 0 aliphatic carbocycles. The Morgan fingerprint density at radius 1 is 1.43 bits per heavy atom. The molecule has 0 radical (unpaired) electrons. The Labute approximate surface area is 84.7 Å². The summed E-state index contributed by atoms with van der Waals surface area (Å²) in [5.41, 5.74) is 5.89. The van der Waals surface area contributed by atoms with E-state index in [1.54, 1.807) is 0 Å². The van der Waals surface area contributed by atoms with Crippen LogP contribution in [0.2, 0.25) is 0 Å². The van der Waals surface area contributed by atoms with E-state index >= 15 is 0 Å². The Kier molecular flexibility index (Phi) is 2.56. The number of nitrogens with two attached hydrogens (primary N) is 1. The first-order chi connectivity index (χ1) is 6.68. The van der Waals surface area contributed by atoms with Crippen molar-refractivity contribution in [2.75, 3.05) is 6.54 Å². The summed E-state index contributed by atoms with van der Waals surface area (Å²) in [6, 6.07) is 0.650. The highest BCUT2D eigenvalue weighted by Gasteiger charge is 2.22. The summed E-state index contributed by atoms with van der Waals surface area (Å²) >= 11 is 0. The van der Waals surface area contributed by atoms with Gasteiger partial charge in [-0.05, 0) is 13.8 Å². The van der Waals surface area contributed by atoms with Crippen LogP contribution in [0.15, 0.2) is 12.4 Å². The maximum absolute atomic E-state index is 5.89.